The van der Waals surface area contributed by atoms with Crippen LogP contribution in [0.1, 0.15) is 38.9 Å². The highest BCUT2D eigenvalue weighted by Crippen LogP contribution is 2.36. The molecule has 6 heteroatoms. The zero-order valence-electron chi connectivity index (χ0n) is 15.5. The molecule has 3 aromatic rings. The molecule has 0 spiro atoms. The summed E-state index contributed by atoms with van der Waals surface area (Å²) in [5.74, 6) is 0.766. The molecule has 0 radical (unpaired) electrons. The Balaban J connectivity index is 1.95. The first kappa shape index (κ1) is 17.1. The molecule has 138 valence electrons. The Kier molecular flexibility index (Phi) is 3.91. The average Bonchev–Trinajstić information content (AvgIpc) is 3.01. The van der Waals surface area contributed by atoms with Crippen LogP contribution >= 0.6 is 0 Å². The van der Waals surface area contributed by atoms with Gasteiger partial charge >= 0.3 is 0 Å². The van der Waals surface area contributed by atoms with Gasteiger partial charge in [0.1, 0.15) is 5.58 Å². The lowest BCUT2D eigenvalue weighted by atomic mass is 9.97. The lowest BCUT2D eigenvalue weighted by Gasteiger charge is -2.15. The van der Waals surface area contributed by atoms with Crippen LogP contribution in [0.5, 0.6) is 11.5 Å². The molecular formula is C21H19NO5. The SMILES string of the molecule is COc1ccc(C2NC(=O)c3oc4c(C)c(C)ccc4c(=O)c32)cc1OC. The van der Waals surface area contributed by atoms with E-state index in [0.29, 0.717) is 28.0 Å². The topological polar surface area (TPSA) is 77.8 Å². The third-order valence-corrected chi connectivity index (χ3v) is 5.13. The minimum absolute atomic E-state index is 0.0704. The molecule has 27 heavy (non-hydrogen) atoms. The number of carbonyl (C=O) groups is 1. The molecule has 1 unspecified atom stereocenters. The molecule has 1 amide bonds. The van der Waals surface area contributed by atoms with Crippen molar-refractivity contribution in [2.75, 3.05) is 14.2 Å². The summed E-state index contributed by atoms with van der Waals surface area (Å²) in [5, 5.41) is 3.32. The van der Waals surface area contributed by atoms with Crippen LogP contribution in [0.25, 0.3) is 11.0 Å². The van der Waals surface area contributed by atoms with Crippen molar-refractivity contribution in [2.24, 2.45) is 0 Å². The van der Waals surface area contributed by atoms with Gasteiger partial charge in [0.05, 0.1) is 31.2 Å². The molecule has 1 aromatic heterocycles. The maximum absolute atomic E-state index is 13.2. The molecule has 1 N–H and O–H groups in total. The number of rotatable bonds is 3. The number of carbonyl (C=O) groups excluding carboxylic acids is 1. The normalized spacial score (nSPS) is 15.6. The van der Waals surface area contributed by atoms with Crippen LogP contribution in [-0.2, 0) is 0 Å². The van der Waals surface area contributed by atoms with Gasteiger partial charge in [0, 0.05) is 0 Å². The monoisotopic (exact) mass is 365 g/mol. The van der Waals surface area contributed by atoms with Gasteiger partial charge in [-0.3, -0.25) is 9.59 Å². The van der Waals surface area contributed by atoms with Gasteiger partial charge in [0.25, 0.3) is 5.91 Å². The first-order chi connectivity index (χ1) is 13.0. The van der Waals surface area contributed by atoms with E-state index in [0.717, 1.165) is 16.7 Å². The molecule has 0 saturated heterocycles. The van der Waals surface area contributed by atoms with Crippen molar-refractivity contribution in [2.45, 2.75) is 19.9 Å². The summed E-state index contributed by atoms with van der Waals surface area (Å²) in [5.41, 5.74) is 3.16. The highest BCUT2D eigenvalue weighted by Gasteiger charge is 2.36. The average molecular weight is 365 g/mol. The van der Waals surface area contributed by atoms with Crippen molar-refractivity contribution < 1.29 is 18.7 Å². The van der Waals surface area contributed by atoms with Gasteiger partial charge in [-0.25, -0.2) is 0 Å². The fourth-order valence-corrected chi connectivity index (χ4v) is 3.49. The van der Waals surface area contributed by atoms with Crippen LogP contribution in [0.2, 0.25) is 0 Å². The van der Waals surface area contributed by atoms with E-state index in [4.69, 9.17) is 13.9 Å². The number of hydrogen-bond acceptors (Lipinski definition) is 5. The van der Waals surface area contributed by atoms with Crippen molar-refractivity contribution in [1.82, 2.24) is 5.32 Å². The van der Waals surface area contributed by atoms with Crippen LogP contribution in [0.3, 0.4) is 0 Å². The summed E-state index contributed by atoms with van der Waals surface area (Å²) in [6, 6.07) is 8.33. The summed E-state index contributed by atoms with van der Waals surface area (Å²) < 4.78 is 16.5. The Morgan fingerprint density at radius 1 is 1.00 bits per heavy atom. The first-order valence-corrected chi connectivity index (χ1v) is 8.56. The van der Waals surface area contributed by atoms with Gasteiger partial charge < -0.3 is 19.2 Å². The largest absolute Gasteiger partial charge is 0.493 e. The van der Waals surface area contributed by atoms with Crippen LogP contribution in [0.15, 0.2) is 39.5 Å². The number of ether oxygens (including phenoxy) is 2. The molecule has 0 saturated carbocycles. The lowest BCUT2D eigenvalue weighted by Crippen LogP contribution is -2.22. The van der Waals surface area contributed by atoms with Crippen LogP contribution in [0, 0.1) is 13.8 Å². The molecule has 2 aromatic carbocycles. The summed E-state index contributed by atoms with van der Waals surface area (Å²) in [4.78, 5) is 25.7. The van der Waals surface area contributed by atoms with Crippen molar-refractivity contribution in [3.63, 3.8) is 0 Å². The molecule has 0 fully saturated rings. The molecule has 0 bridgehead atoms. The zero-order valence-corrected chi connectivity index (χ0v) is 15.5. The Labute approximate surface area is 155 Å². The smallest absolute Gasteiger partial charge is 0.288 e. The number of fused-ring (bicyclic) bond motifs is 2. The third-order valence-electron chi connectivity index (χ3n) is 5.13. The van der Waals surface area contributed by atoms with E-state index in [1.54, 1.807) is 31.4 Å². The molecule has 1 atom stereocenters. The van der Waals surface area contributed by atoms with E-state index in [2.05, 4.69) is 5.32 Å². The molecule has 4 rings (SSSR count). The number of nitrogens with one attached hydrogen (secondary N) is 1. The zero-order chi connectivity index (χ0) is 19.3. The summed E-state index contributed by atoms with van der Waals surface area (Å²) in [6.45, 7) is 3.82. The highest BCUT2D eigenvalue weighted by atomic mass is 16.5. The van der Waals surface area contributed by atoms with Crippen molar-refractivity contribution in [3.8, 4) is 11.5 Å². The van der Waals surface area contributed by atoms with Gasteiger partial charge in [0.15, 0.2) is 16.9 Å². The van der Waals surface area contributed by atoms with Gasteiger partial charge in [-0.1, -0.05) is 12.1 Å². The summed E-state index contributed by atoms with van der Waals surface area (Å²) in [6.07, 6.45) is 0. The molecule has 6 nitrogen and oxygen atoms in total. The Bertz CT molecular complexity index is 1150. The predicted octanol–water partition coefficient (Wildman–Crippen LogP) is 3.26. The van der Waals surface area contributed by atoms with E-state index in [1.165, 1.54) is 7.11 Å². The van der Waals surface area contributed by atoms with Crippen LogP contribution in [0.4, 0.5) is 0 Å². The Morgan fingerprint density at radius 2 is 1.74 bits per heavy atom. The quantitative estimate of drug-likeness (QED) is 0.771. The van der Waals surface area contributed by atoms with Gasteiger partial charge in [-0.15, -0.1) is 0 Å². The fraction of sp³-hybridized carbons (Fsp3) is 0.238. The summed E-state index contributed by atoms with van der Waals surface area (Å²) >= 11 is 0. The first-order valence-electron chi connectivity index (χ1n) is 8.56. The maximum atomic E-state index is 13.2. The predicted molar refractivity (Wildman–Crippen MR) is 101 cm³/mol. The summed E-state index contributed by atoms with van der Waals surface area (Å²) in [7, 11) is 3.09. The van der Waals surface area contributed by atoms with Gasteiger partial charge in [0.2, 0.25) is 5.76 Å². The second kappa shape index (κ2) is 6.16. The Morgan fingerprint density at radius 3 is 2.44 bits per heavy atom. The van der Waals surface area contributed by atoms with E-state index >= 15 is 0 Å². The van der Waals surface area contributed by atoms with Crippen molar-refractivity contribution >= 4 is 16.9 Å². The van der Waals surface area contributed by atoms with Gasteiger partial charge in [-0.05, 0) is 48.7 Å². The molecule has 0 aliphatic carbocycles. The van der Waals surface area contributed by atoms with Gasteiger partial charge in [-0.2, -0.15) is 0 Å². The van der Waals surface area contributed by atoms with E-state index in [9.17, 15) is 9.59 Å². The number of methoxy groups -OCH3 is 2. The van der Waals surface area contributed by atoms with Crippen molar-refractivity contribution in [1.29, 1.82) is 0 Å². The van der Waals surface area contributed by atoms with Crippen molar-refractivity contribution in [3.05, 3.63) is 68.6 Å². The van der Waals surface area contributed by atoms with Crippen LogP contribution in [-0.4, -0.2) is 20.1 Å². The molecule has 1 aliphatic heterocycles. The van der Waals surface area contributed by atoms with E-state index < -0.39 is 11.9 Å². The van der Waals surface area contributed by atoms with Crippen LogP contribution < -0.4 is 20.2 Å². The second-order valence-corrected chi connectivity index (χ2v) is 6.58. The Hall–Kier alpha value is -3.28. The lowest BCUT2D eigenvalue weighted by molar-refractivity contribution is 0.0938. The third kappa shape index (κ3) is 2.48. The number of aryl methyl sites for hydroxylation is 2. The minimum Gasteiger partial charge on any atom is -0.493 e. The number of amides is 1. The minimum atomic E-state index is -0.602. The molecular weight excluding hydrogens is 346 g/mol. The highest BCUT2D eigenvalue weighted by molar-refractivity contribution is 5.99. The molecule has 2 heterocycles. The van der Waals surface area contributed by atoms with E-state index in [-0.39, 0.29) is 11.2 Å². The van der Waals surface area contributed by atoms with E-state index in [1.807, 2.05) is 19.9 Å². The number of benzene rings is 2. The molecule has 1 aliphatic rings. The second-order valence-electron chi connectivity index (χ2n) is 6.58. The number of hydrogen-bond donors (Lipinski definition) is 1. The fourth-order valence-electron chi connectivity index (χ4n) is 3.49. The maximum Gasteiger partial charge on any atom is 0.288 e. The standard InChI is InChI=1S/C21H19NO5/c1-10-5-7-13-18(23)16-17(12-6-8-14(25-3)15(9-12)26-4)22-21(24)20(16)27-19(13)11(10)2/h5-9,17H,1-4H3,(H,22,24).